The van der Waals surface area contributed by atoms with Crippen LogP contribution in [0.1, 0.15) is 18.4 Å². The number of nitrogens with one attached hydrogen (secondary N) is 2. The molecule has 0 radical (unpaired) electrons. The van der Waals surface area contributed by atoms with Gasteiger partial charge in [-0.1, -0.05) is 41.9 Å². The summed E-state index contributed by atoms with van der Waals surface area (Å²) >= 11 is 6.16. The number of hydrogen-bond donors (Lipinski definition) is 3. The maximum atomic E-state index is 12.0. The maximum Gasteiger partial charge on any atom is 0.225 e. The van der Waals surface area contributed by atoms with Gasteiger partial charge >= 0.3 is 0 Å². The predicted octanol–water partition coefficient (Wildman–Crippen LogP) is 3.20. The highest BCUT2D eigenvalue weighted by molar-refractivity contribution is 6.34. The van der Waals surface area contributed by atoms with Gasteiger partial charge in [0.05, 0.1) is 10.7 Å². The molecule has 24 heavy (non-hydrogen) atoms. The zero-order valence-electron chi connectivity index (χ0n) is 13.2. The number of nitrogens with two attached hydrogens (primary N) is 1. The summed E-state index contributed by atoms with van der Waals surface area (Å²) in [6.07, 6.45) is 1.28. The quantitative estimate of drug-likeness (QED) is 0.720. The first-order valence-electron chi connectivity index (χ1n) is 7.71. The van der Waals surface area contributed by atoms with Crippen LogP contribution in [0, 0.1) is 0 Å². The molecule has 0 saturated heterocycles. The molecule has 2 aromatic rings. The monoisotopic (exact) mass is 345 g/mol. The van der Waals surface area contributed by atoms with E-state index >= 15 is 0 Å². The summed E-state index contributed by atoms with van der Waals surface area (Å²) < 4.78 is 0. The van der Waals surface area contributed by atoms with Gasteiger partial charge in [-0.3, -0.25) is 9.59 Å². The molecule has 2 amide bonds. The van der Waals surface area contributed by atoms with E-state index in [1.807, 2.05) is 30.3 Å². The Morgan fingerprint density at radius 1 is 0.958 bits per heavy atom. The van der Waals surface area contributed by atoms with Gasteiger partial charge in [-0.05, 0) is 30.2 Å². The van der Waals surface area contributed by atoms with Crippen LogP contribution in [0.4, 0.5) is 11.4 Å². The molecule has 0 spiro atoms. The van der Waals surface area contributed by atoms with Crippen molar-refractivity contribution in [2.45, 2.75) is 19.3 Å². The lowest BCUT2D eigenvalue weighted by Gasteiger charge is -2.10. The summed E-state index contributed by atoms with van der Waals surface area (Å²) in [5.74, 6) is -0.283. The van der Waals surface area contributed by atoms with Gasteiger partial charge in [0, 0.05) is 25.1 Å². The Morgan fingerprint density at radius 3 is 2.33 bits per heavy atom. The molecule has 0 bridgehead atoms. The summed E-state index contributed by atoms with van der Waals surface area (Å²) in [5.41, 5.74) is 7.53. The summed E-state index contributed by atoms with van der Waals surface area (Å²) in [4.78, 5) is 23.5. The normalized spacial score (nSPS) is 10.2. The number of benzene rings is 2. The standard InChI is InChI=1S/C18H20ClN3O2/c19-15-12-14(21-18(24)10-11-20)7-8-16(15)22-17(23)9-6-13-4-2-1-3-5-13/h1-5,7-8,12H,6,9-11,20H2,(H,21,24)(H,22,23). The molecule has 0 aromatic heterocycles. The first-order chi connectivity index (χ1) is 11.6. The van der Waals surface area contributed by atoms with Crippen LogP contribution in [-0.4, -0.2) is 18.4 Å². The van der Waals surface area contributed by atoms with Crippen molar-refractivity contribution in [2.75, 3.05) is 17.2 Å². The van der Waals surface area contributed by atoms with E-state index in [-0.39, 0.29) is 24.8 Å². The summed E-state index contributed by atoms with van der Waals surface area (Å²) in [6, 6.07) is 14.8. The van der Waals surface area contributed by atoms with E-state index in [2.05, 4.69) is 10.6 Å². The molecule has 0 aliphatic carbocycles. The minimum atomic E-state index is -0.173. The molecule has 126 valence electrons. The molecule has 6 heteroatoms. The van der Waals surface area contributed by atoms with Crippen LogP contribution in [0.3, 0.4) is 0 Å². The van der Waals surface area contributed by atoms with Crippen LogP contribution < -0.4 is 16.4 Å². The van der Waals surface area contributed by atoms with Crippen LogP contribution in [0.5, 0.6) is 0 Å². The van der Waals surface area contributed by atoms with Crippen LogP contribution in [0.25, 0.3) is 0 Å². The molecule has 0 aliphatic rings. The number of rotatable bonds is 7. The molecular formula is C18H20ClN3O2. The first-order valence-corrected chi connectivity index (χ1v) is 8.09. The van der Waals surface area contributed by atoms with Crippen molar-refractivity contribution in [3.8, 4) is 0 Å². The molecule has 0 saturated carbocycles. The molecule has 0 aliphatic heterocycles. The fourth-order valence-corrected chi connectivity index (χ4v) is 2.39. The molecule has 5 nitrogen and oxygen atoms in total. The van der Waals surface area contributed by atoms with Gasteiger partial charge in [0.25, 0.3) is 0 Å². The van der Waals surface area contributed by atoms with E-state index < -0.39 is 0 Å². The molecule has 0 heterocycles. The van der Waals surface area contributed by atoms with Gasteiger partial charge in [0.1, 0.15) is 0 Å². The second kappa shape index (κ2) is 9.05. The number of anilines is 2. The van der Waals surface area contributed by atoms with Crippen molar-refractivity contribution in [1.82, 2.24) is 0 Å². The second-order valence-electron chi connectivity index (χ2n) is 5.32. The van der Waals surface area contributed by atoms with Crippen molar-refractivity contribution < 1.29 is 9.59 Å². The molecule has 2 rings (SSSR count). The highest BCUT2D eigenvalue weighted by Crippen LogP contribution is 2.25. The second-order valence-corrected chi connectivity index (χ2v) is 5.72. The molecular weight excluding hydrogens is 326 g/mol. The predicted molar refractivity (Wildman–Crippen MR) is 97.1 cm³/mol. The maximum absolute atomic E-state index is 12.0. The van der Waals surface area contributed by atoms with E-state index in [1.165, 1.54) is 0 Å². The number of hydrogen-bond acceptors (Lipinski definition) is 3. The molecule has 4 N–H and O–H groups in total. The Kier molecular flexibility index (Phi) is 6.78. The third-order valence-electron chi connectivity index (χ3n) is 3.38. The fraction of sp³-hybridized carbons (Fsp3) is 0.222. The topological polar surface area (TPSA) is 84.2 Å². The summed E-state index contributed by atoms with van der Waals surface area (Å²) in [6.45, 7) is 0.287. The zero-order valence-corrected chi connectivity index (χ0v) is 14.0. The first kappa shape index (κ1) is 18.0. The van der Waals surface area contributed by atoms with Crippen molar-refractivity contribution >= 4 is 34.8 Å². The number of carbonyl (C=O) groups excluding carboxylic acids is 2. The Morgan fingerprint density at radius 2 is 1.67 bits per heavy atom. The van der Waals surface area contributed by atoms with E-state index in [4.69, 9.17) is 17.3 Å². The molecule has 0 fully saturated rings. The number of halogens is 1. The smallest absolute Gasteiger partial charge is 0.225 e. The van der Waals surface area contributed by atoms with Crippen LogP contribution in [0.2, 0.25) is 5.02 Å². The van der Waals surface area contributed by atoms with Gasteiger partial charge in [-0.15, -0.1) is 0 Å². The third kappa shape index (κ3) is 5.68. The average Bonchev–Trinajstić information content (AvgIpc) is 2.57. The number of aryl methyl sites for hydroxylation is 1. The Labute approximate surface area is 146 Å². The minimum Gasteiger partial charge on any atom is -0.330 e. The number of amides is 2. The summed E-state index contributed by atoms with van der Waals surface area (Å²) in [5, 5.41) is 5.85. The largest absolute Gasteiger partial charge is 0.330 e. The van der Waals surface area contributed by atoms with Crippen molar-refractivity contribution in [3.63, 3.8) is 0 Å². The lowest BCUT2D eigenvalue weighted by Crippen LogP contribution is -2.16. The summed E-state index contributed by atoms with van der Waals surface area (Å²) in [7, 11) is 0. The van der Waals surface area contributed by atoms with Crippen LogP contribution in [0.15, 0.2) is 48.5 Å². The van der Waals surface area contributed by atoms with Crippen molar-refractivity contribution in [3.05, 3.63) is 59.1 Å². The Bertz CT molecular complexity index is 705. The number of carbonyl (C=O) groups is 2. The van der Waals surface area contributed by atoms with Crippen molar-refractivity contribution in [1.29, 1.82) is 0 Å². The van der Waals surface area contributed by atoms with Gasteiger partial charge in [0.15, 0.2) is 0 Å². The van der Waals surface area contributed by atoms with Crippen LogP contribution in [-0.2, 0) is 16.0 Å². The van der Waals surface area contributed by atoms with E-state index in [9.17, 15) is 9.59 Å². The van der Waals surface area contributed by atoms with Gasteiger partial charge in [0.2, 0.25) is 11.8 Å². The SMILES string of the molecule is NCCC(=O)Nc1ccc(NC(=O)CCc2ccccc2)c(Cl)c1. The van der Waals surface area contributed by atoms with E-state index in [0.29, 0.717) is 29.2 Å². The van der Waals surface area contributed by atoms with Crippen molar-refractivity contribution in [2.24, 2.45) is 5.73 Å². The van der Waals surface area contributed by atoms with Gasteiger partial charge in [-0.2, -0.15) is 0 Å². The minimum absolute atomic E-state index is 0.110. The van der Waals surface area contributed by atoms with E-state index in [0.717, 1.165) is 5.56 Å². The average molecular weight is 346 g/mol. The molecule has 2 aromatic carbocycles. The zero-order chi connectivity index (χ0) is 17.4. The Hall–Kier alpha value is -2.37. The molecule has 0 atom stereocenters. The lowest BCUT2D eigenvalue weighted by atomic mass is 10.1. The Balaban J connectivity index is 1.90. The van der Waals surface area contributed by atoms with E-state index in [1.54, 1.807) is 18.2 Å². The highest BCUT2D eigenvalue weighted by Gasteiger charge is 2.08. The molecule has 0 unspecified atom stereocenters. The third-order valence-corrected chi connectivity index (χ3v) is 3.69. The highest BCUT2D eigenvalue weighted by atomic mass is 35.5. The fourth-order valence-electron chi connectivity index (χ4n) is 2.16. The van der Waals surface area contributed by atoms with Gasteiger partial charge < -0.3 is 16.4 Å². The van der Waals surface area contributed by atoms with Gasteiger partial charge in [-0.25, -0.2) is 0 Å². The van der Waals surface area contributed by atoms with Crippen LogP contribution >= 0.6 is 11.6 Å². The lowest BCUT2D eigenvalue weighted by molar-refractivity contribution is -0.116.